The molecule has 1 aromatic heterocycles. The summed E-state index contributed by atoms with van der Waals surface area (Å²) in [5.41, 5.74) is 0. The zero-order valence-electron chi connectivity index (χ0n) is 12.0. The standard InChI is InChI=1S/C15H17FN2O2S/c1-10(2)6-12(19)8-15-17-14(18-20-15)9-21-13-5-3-4-11(16)7-13/h3-5,7,10H,6,8-9H2,1-2H3. The van der Waals surface area contributed by atoms with Crippen LogP contribution in [0.4, 0.5) is 4.39 Å². The summed E-state index contributed by atoms with van der Waals surface area (Å²) < 4.78 is 18.1. The summed E-state index contributed by atoms with van der Waals surface area (Å²) in [6, 6.07) is 6.33. The van der Waals surface area contributed by atoms with Gasteiger partial charge in [0, 0.05) is 11.3 Å². The van der Waals surface area contributed by atoms with Gasteiger partial charge in [-0.05, 0) is 24.1 Å². The highest BCUT2D eigenvalue weighted by atomic mass is 32.2. The summed E-state index contributed by atoms with van der Waals surface area (Å²) in [5, 5.41) is 3.83. The summed E-state index contributed by atoms with van der Waals surface area (Å²) in [6.45, 7) is 3.99. The van der Waals surface area contributed by atoms with E-state index in [0.29, 0.717) is 29.8 Å². The first-order chi connectivity index (χ1) is 10.0. The van der Waals surface area contributed by atoms with Gasteiger partial charge in [0.1, 0.15) is 11.6 Å². The molecule has 0 unspecified atom stereocenters. The minimum atomic E-state index is -0.270. The molecule has 0 saturated heterocycles. The van der Waals surface area contributed by atoms with Gasteiger partial charge < -0.3 is 4.52 Å². The molecule has 0 radical (unpaired) electrons. The summed E-state index contributed by atoms with van der Waals surface area (Å²) >= 11 is 1.42. The highest BCUT2D eigenvalue weighted by Gasteiger charge is 2.12. The van der Waals surface area contributed by atoms with Crippen LogP contribution in [0.3, 0.4) is 0 Å². The summed E-state index contributed by atoms with van der Waals surface area (Å²) in [5.74, 6) is 1.48. The van der Waals surface area contributed by atoms with Crippen LogP contribution in [0, 0.1) is 11.7 Å². The third-order valence-corrected chi connectivity index (χ3v) is 3.65. The number of carbonyl (C=O) groups is 1. The number of thioether (sulfide) groups is 1. The molecule has 21 heavy (non-hydrogen) atoms. The second-order valence-corrected chi connectivity index (χ2v) is 6.21. The Bertz CT molecular complexity index is 613. The van der Waals surface area contributed by atoms with Gasteiger partial charge in [0.15, 0.2) is 5.82 Å². The predicted octanol–water partition coefficient (Wildman–Crippen LogP) is 3.66. The zero-order chi connectivity index (χ0) is 15.2. The van der Waals surface area contributed by atoms with Crippen molar-refractivity contribution in [1.82, 2.24) is 10.1 Å². The number of aromatic nitrogens is 2. The number of carbonyl (C=O) groups excluding carboxylic acids is 1. The largest absolute Gasteiger partial charge is 0.339 e. The second kappa shape index (κ2) is 7.36. The molecule has 0 aliphatic heterocycles. The maximum Gasteiger partial charge on any atom is 0.234 e. The Morgan fingerprint density at radius 2 is 2.24 bits per heavy atom. The molecule has 2 rings (SSSR count). The summed E-state index contributed by atoms with van der Waals surface area (Å²) in [7, 11) is 0. The number of ketones is 1. The van der Waals surface area contributed by atoms with Crippen molar-refractivity contribution < 1.29 is 13.7 Å². The van der Waals surface area contributed by atoms with E-state index in [4.69, 9.17) is 4.52 Å². The molecule has 0 aliphatic rings. The van der Waals surface area contributed by atoms with Crippen LogP contribution in [0.25, 0.3) is 0 Å². The Morgan fingerprint density at radius 1 is 1.43 bits per heavy atom. The molecule has 0 saturated carbocycles. The molecule has 6 heteroatoms. The van der Waals surface area contributed by atoms with Gasteiger partial charge in [0.05, 0.1) is 12.2 Å². The second-order valence-electron chi connectivity index (χ2n) is 5.16. The van der Waals surface area contributed by atoms with Crippen molar-refractivity contribution in [2.75, 3.05) is 0 Å². The molecule has 1 heterocycles. The Labute approximate surface area is 127 Å². The van der Waals surface area contributed by atoms with Crippen LogP contribution in [-0.4, -0.2) is 15.9 Å². The fourth-order valence-corrected chi connectivity index (χ4v) is 2.61. The maximum absolute atomic E-state index is 13.0. The molecule has 112 valence electrons. The van der Waals surface area contributed by atoms with E-state index in [9.17, 15) is 9.18 Å². The molecule has 0 amide bonds. The van der Waals surface area contributed by atoms with Crippen LogP contribution in [0.15, 0.2) is 33.7 Å². The molecular formula is C15H17FN2O2S. The zero-order valence-corrected chi connectivity index (χ0v) is 12.8. The van der Waals surface area contributed by atoms with Gasteiger partial charge in [-0.15, -0.1) is 11.8 Å². The maximum atomic E-state index is 13.0. The van der Waals surface area contributed by atoms with Crippen molar-refractivity contribution in [2.24, 2.45) is 5.92 Å². The molecule has 0 N–H and O–H groups in total. The highest BCUT2D eigenvalue weighted by molar-refractivity contribution is 7.98. The van der Waals surface area contributed by atoms with E-state index >= 15 is 0 Å². The fourth-order valence-electron chi connectivity index (χ4n) is 1.82. The monoisotopic (exact) mass is 308 g/mol. The third kappa shape index (κ3) is 5.30. The lowest BCUT2D eigenvalue weighted by Crippen LogP contribution is -2.06. The predicted molar refractivity (Wildman–Crippen MR) is 78.4 cm³/mol. The Morgan fingerprint density at radius 3 is 2.95 bits per heavy atom. The van der Waals surface area contributed by atoms with Crippen molar-refractivity contribution >= 4 is 17.5 Å². The quantitative estimate of drug-likeness (QED) is 0.731. The van der Waals surface area contributed by atoms with Gasteiger partial charge >= 0.3 is 0 Å². The lowest BCUT2D eigenvalue weighted by molar-refractivity contribution is -0.119. The molecule has 1 aromatic carbocycles. The van der Waals surface area contributed by atoms with Gasteiger partial charge in [0.25, 0.3) is 0 Å². The Balaban J connectivity index is 1.87. The van der Waals surface area contributed by atoms with Crippen molar-refractivity contribution in [3.8, 4) is 0 Å². The van der Waals surface area contributed by atoms with E-state index in [1.165, 1.54) is 23.9 Å². The molecule has 4 nitrogen and oxygen atoms in total. The van der Waals surface area contributed by atoms with E-state index < -0.39 is 0 Å². The van der Waals surface area contributed by atoms with Gasteiger partial charge in [-0.2, -0.15) is 4.98 Å². The van der Waals surface area contributed by atoms with Crippen LogP contribution >= 0.6 is 11.8 Å². The van der Waals surface area contributed by atoms with Crippen molar-refractivity contribution in [3.05, 3.63) is 41.8 Å². The van der Waals surface area contributed by atoms with Crippen LogP contribution in [0.2, 0.25) is 0 Å². The average molecular weight is 308 g/mol. The topological polar surface area (TPSA) is 56.0 Å². The number of nitrogens with zero attached hydrogens (tertiary/aromatic N) is 2. The lowest BCUT2D eigenvalue weighted by Gasteiger charge is -2.00. The van der Waals surface area contributed by atoms with Gasteiger partial charge in [-0.25, -0.2) is 4.39 Å². The van der Waals surface area contributed by atoms with Gasteiger partial charge in [-0.3, -0.25) is 4.79 Å². The smallest absolute Gasteiger partial charge is 0.234 e. The van der Waals surface area contributed by atoms with Gasteiger partial charge in [-0.1, -0.05) is 25.1 Å². The number of benzene rings is 1. The molecular weight excluding hydrogens is 291 g/mol. The average Bonchev–Trinajstić information content (AvgIpc) is 2.83. The van der Waals surface area contributed by atoms with Crippen LogP contribution in [0.5, 0.6) is 0 Å². The van der Waals surface area contributed by atoms with E-state index in [2.05, 4.69) is 10.1 Å². The number of halogens is 1. The lowest BCUT2D eigenvalue weighted by atomic mass is 10.1. The van der Waals surface area contributed by atoms with Crippen molar-refractivity contribution in [2.45, 2.75) is 37.3 Å². The van der Waals surface area contributed by atoms with Crippen LogP contribution in [0.1, 0.15) is 32.0 Å². The van der Waals surface area contributed by atoms with Crippen molar-refractivity contribution in [1.29, 1.82) is 0 Å². The van der Waals surface area contributed by atoms with E-state index in [-0.39, 0.29) is 18.0 Å². The van der Waals surface area contributed by atoms with Crippen LogP contribution in [-0.2, 0) is 17.0 Å². The molecule has 2 aromatic rings. The van der Waals surface area contributed by atoms with Crippen molar-refractivity contribution in [3.63, 3.8) is 0 Å². The first-order valence-corrected chi connectivity index (χ1v) is 7.73. The SMILES string of the molecule is CC(C)CC(=O)Cc1nc(CSc2cccc(F)c2)no1. The Kier molecular flexibility index (Phi) is 5.50. The van der Waals surface area contributed by atoms with Crippen LogP contribution < -0.4 is 0 Å². The van der Waals surface area contributed by atoms with Gasteiger partial charge in [0.2, 0.25) is 5.89 Å². The first kappa shape index (κ1) is 15.7. The number of hydrogen-bond acceptors (Lipinski definition) is 5. The highest BCUT2D eigenvalue weighted by Crippen LogP contribution is 2.22. The van der Waals surface area contributed by atoms with E-state index in [0.717, 1.165) is 4.90 Å². The minimum absolute atomic E-state index is 0.0954. The summed E-state index contributed by atoms with van der Waals surface area (Å²) in [4.78, 5) is 16.7. The molecule has 0 spiro atoms. The normalized spacial score (nSPS) is 11.0. The number of rotatable bonds is 7. The fraction of sp³-hybridized carbons (Fsp3) is 0.400. The molecule has 0 bridgehead atoms. The first-order valence-electron chi connectivity index (χ1n) is 6.74. The third-order valence-electron chi connectivity index (χ3n) is 2.66. The number of Topliss-reactive ketones (excluding diaryl/α,β-unsaturated/α-hetero) is 1. The molecule has 0 aliphatic carbocycles. The molecule has 0 fully saturated rings. The minimum Gasteiger partial charge on any atom is -0.339 e. The van der Waals surface area contributed by atoms with E-state index in [1.807, 2.05) is 19.9 Å². The Hall–Kier alpha value is -1.69. The van der Waals surface area contributed by atoms with E-state index in [1.54, 1.807) is 6.07 Å². The summed E-state index contributed by atoms with van der Waals surface area (Å²) in [6.07, 6.45) is 0.686. The number of hydrogen-bond donors (Lipinski definition) is 0. The molecule has 0 atom stereocenters.